The molecule has 0 aliphatic heterocycles. The number of rotatable bonds is 8. The zero-order chi connectivity index (χ0) is 12.3. The van der Waals surface area contributed by atoms with Crippen molar-refractivity contribution in [3.8, 4) is 0 Å². The van der Waals surface area contributed by atoms with Crippen molar-refractivity contribution >= 4 is 12.3 Å². The van der Waals surface area contributed by atoms with Gasteiger partial charge in [-0.25, -0.2) is 0 Å². The van der Waals surface area contributed by atoms with Gasteiger partial charge in [0, 0.05) is 6.42 Å². The lowest BCUT2D eigenvalue weighted by molar-refractivity contribution is -0.128. The number of aliphatic imine (C=N–C) groups is 1. The van der Waals surface area contributed by atoms with Gasteiger partial charge < -0.3 is 10.5 Å². The van der Waals surface area contributed by atoms with E-state index in [0.29, 0.717) is 25.5 Å². The zero-order valence-electron chi connectivity index (χ0n) is 9.84. The van der Waals surface area contributed by atoms with Crippen molar-refractivity contribution in [1.29, 1.82) is 0 Å². The van der Waals surface area contributed by atoms with Crippen molar-refractivity contribution in [3.05, 3.63) is 35.9 Å². The van der Waals surface area contributed by atoms with Crippen LogP contribution in [0.25, 0.3) is 0 Å². The van der Waals surface area contributed by atoms with Crippen LogP contribution in [-0.4, -0.2) is 18.9 Å². The molecule has 1 aromatic carbocycles. The maximum atomic E-state index is 9.89. The smallest absolute Gasteiger partial charge is 0.293 e. The fourth-order valence-corrected chi connectivity index (χ4v) is 1.39. The second kappa shape index (κ2) is 8.33. The number of nitrogens with two attached hydrogens (primary N) is 1. The van der Waals surface area contributed by atoms with Crippen LogP contribution in [0, 0.1) is 0 Å². The minimum Gasteiger partial charge on any atom is -0.468 e. The molecule has 4 nitrogen and oxygen atoms in total. The summed E-state index contributed by atoms with van der Waals surface area (Å²) >= 11 is 0. The van der Waals surface area contributed by atoms with E-state index in [1.807, 2.05) is 30.3 Å². The molecule has 17 heavy (non-hydrogen) atoms. The number of ether oxygens (including phenoxy) is 1. The van der Waals surface area contributed by atoms with Gasteiger partial charge in [0.15, 0.2) is 0 Å². The van der Waals surface area contributed by atoms with Gasteiger partial charge in [-0.3, -0.25) is 9.79 Å². The van der Waals surface area contributed by atoms with Crippen LogP contribution in [0.4, 0.5) is 0 Å². The van der Waals surface area contributed by atoms with E-state index in [0.717, 1.165) is 24.8 Å². The Morgan fingerprint density at radius 2 is 2.06 bits per heavy atom. The molecule has 0 heterocycles. The predicted octanol–water partition coefficient (Wildman–Crippen LogP) is 1.89. The molecule has 0 aromatic heterocycles. The minimum absolute atomic E-state index is 0.454. The van der Waals surface area contributed by atoms with Gasteiger partial charge in [-0.15, -0.1) is 0 Å². The third kappa shape index (κ3) is 6.35. The Hall–Kier alpha value is -1.84. The maximum Gasteiger partial charge on any atom is 0.293 e. The lowest BCUT2D eigenvalue weighted by atomic mass is 10.2. The molecule has 0 atom stereocenters. The Kier molecular flexibility index (Phi) is 6.48. The summed E-state index contributed by atoms with van der Waals surface area (Å²) in [7, 11) is 0. The van der Waals surface area contributed by atoms with Crippen LogP contribution in [0.2, 0.25) is 0 Å². The number of hydrogen-bond acceptors (Lipinski definition) is 3. The van der Waals surface area contributed by atoms with Crippen LogP contribution in [0.15, 0.2) is 35.3 Å². The summed E-state index contributed by atoms with van der Waals surface area (Å²) in [5, 5.41) is 0. The molecule has 0 fully saturated rings. The highest BCUT2D eigenvalue weighted by atomic mass is 16.5. The monoisotopic (exact) mass is 234 g/mol. The maximum absolute atomic E-state index is 9.89. The second-order valence-electron chi connectivity index (χ2n) is 3.72. The topological polar surface area (TPSA) is 64.7 Å². The number of benzene rings is 1. The van der Waals surface area contributed by atoms with Crippen LogP contribution in [0.3, 0.4) is 0 Å². The standard InChI is InChI=1S/C13H18N2O2/c14-13(8-4-5-9-17-11-16)15-10-12-6-2-1-3-7-12/h1-3,6-7,11H,4-5,8-10H2,(H2,14,15). The summed E-state index contributed by atoms with van der Waals surface area (Å²) in [5.74, 6) is 0.653. The van der Waals surface area contributed by atoms with Crippen LogP contribution >= 0.6 is 0 Å². The Labute approximate surface area is 101 Å². The highest BCUT2D eigenvalue weighted by Gasteiger charge is 1.95. The second-order valence-corrected chi connectivity index (χ2v) is 3.72. The summed E-state index contributed by atoms with van der Waals surface area (Å²) in [4.78, 5) is 14.2. The van der Waals surface area contributed by atoms with Gasteiger partial charge in [0.05, 0.1) is 19.0 Å². The fraction of sp³-hybridized carbons (Fsp3) is 0.385. The van der Waals surface area contributed by atoms with Crippen LogP contribution in [0.1, 0.15) is 24.8 Å². The van der Waals surface area contributed by atoms with E-state index >= 15 is 0 Å². The van der Waals surface area contributed by atoms with Gasteiger partial charge in [0.2, 0.25) is 0 Å². The molecule has 1 aromatic rings. The Balaban J connectivity index is 2.18. The van der Waals surface area contributed by atoms with Gasteiger partial charge in [-0.1, -0.05) is 30.3 Å². The lowest BCUT2D eigenvalue weighted by Gasteiger charge is -2.01. The van der Waals surface area contributed by atoms with E-state index in [2.05, 4.69) is 9.73 Å². The molecule has 0 saturated heterocycles. The van der Waals surface area contributed by atoms with Crippen molar-refractivity contribution in [1.82, 2.24) is 0 Å². The Bertz CT molecular complexity index is 350. The van der Waals surface area contributed by atoms with Gasteiger partial charge >= 0.3 is 0 Å². The summed E-state index contributed by atoms with van der Waals surface area (Å²) in [6, 6.07) is 9.99. The molecule has 2 N–H and O–H groups in total. The van der Waals surface area contributed by atoms with Gasteiger partial charge in [0.25, 0.3) is 6.47 Å². The van der Waals surface area contributed by atoms with Crippen molar-refractivity contribution in [2.24, 2.45) is 10.7 Å². The van der Waals surface area contributed by atoms with Gasteiger partial charge in [-0.05, 0) is 18.4 Å². The first-order chi connectivity index (χ1) is 8.33. The first-order valence-corrected chi connectivity index (χ1v) is 5.71. The molecule has 0 spiro atoms. The molecule has 0 aliphatic carbocycles. The van der Waals surface area contributed by atoms with Gasteiger partial charge in [0.1, 0.15) is 0 Å². The number of nitrogens with zero attached hydrogens (tertiary/aromatic N) is 1. The van der Waals surface area contributed by atoms with Gasteiger partial charge in [-0.2, -0.15) is 0 Å². The molecule has 0 saturated carbocycles. The van der Waals surface area contributed by atoms with E-state index in [4.69, 9.17) is 5.73 Å². The summed E-state index contributed by atoms with van der Waals surface area (Å²) < 4.78 is 4.58. The number of unbranched alkanes of at least 4 members (excludes halogenated alkanes) is 1. The number of carbonyl (C=O) groups is 1. The van der Waals surface area contributed by atoms with E-state index in [-0.39, 0.29) is 0 Å². The first-order valence-electron chi connectivity index (χ1n) is 5.71. The zero-order valence-corrected chi connectivity index (χ0v) is 9.84. The lowest BCUT2D eigenvalue weighted by Crippen LogP contribution is -2.12. The largest absolute Gasteiger partial charge is 0.468 e. The van der Waals surface area contributed by atoms with Crippen molar-refractivity contribution < 1.29 is 9.53 Å². The molecule has 0 radical (unpaired) electrons. The summed E-state index contributed by atoms with van der Waals surface area (Å²) in [5.41, 5.74) is 6.93. The summed E-state index contributed by atoms with van der Waals surface area (Å²) in [6.07, 6.45) is 2.45. The fourth-order valence-electron chi connectivity index (χ4n) is 1.39. The summed E-state index contributed by atoms with van der Waals surface area (Å²) in [6.45, 7) is 1.54. The highest BCUT2D eigenvalue weighted by molar-refractivity contribution is 5.80. The third-order valence-corrected chi connectivity index (χ3v) is 2.32. The number of hydrogen-bond donors (Lipinski definition) is 1. The quantitative estimate of drug-likeness (QED) is 0.323. The normalized spacial score (nSPS) is 11.2. The Morgan fingerprint density at radius 1 is 1.29 bits per heavy atom. The average Bonchev–Trinajstić information content (AvgIpc) is 2.37. The number of amidine groups is 1. The molecule has 1 rings (SSSR count). The first kappa shape index (κ1) is 13.2. The van der Waals surface area contributed by atoms with Crippen LogP contribution < -0.4 is 5.73 Å². The molecule has 0 unspecified atom stereocenters. The minimum atomic E-state index is 0.454. The van der Waals surface area contributed by atoms with E-state index in [9.17, 15) is 4.79 Å². The van der Waals surface area contributed by atoms with Crippen molar-refractivity contribution in [3.63, 3.8) is 0 Å². The molecule has 4 heteroatoms. The van der Waals surface area contributed by atoms with E-state index in [1.165, 1.54) is 0 Å². The molecular weight excluding hydrogens is 216 g/mol. The van der Waals surface area contributed by atoms with Crippen molar-refractivity contribution in [2.45, 2.75) is 25.8 Å². The van der Waals surface area contributed by atoms with Crippen LogP contribution in [-0.2, 0) is 16.1 Å². The van der Waals surface area contributed by atoms with Crippen LogP contribution in [0.5, 0.6) is 0 Å². The highest BCUT2D eigenvalue weighted by Crippen LogP contribution is 2.01. The molecule has 0 amide bonds. The Morgan fingerprint density at radius 3 is 2.76 bits per heavy atom. The molecule has 0 aliphatic rings. The molecule has 92 valence electrons. The third-order valence-electron chi connectivity index (χ3n) is 2.32. The van der Waals surface area contributed by atoms with E-state index < -0.39 is 0 Å². The molecule has 0 bridgehead atoms. The SMILES string of the molecule is NC(CCCCOC=O)=NCc1ccccc1. The van der Waals surface area contributed by atoms with Crippen molar-refractivity contribution in [2.75, 3.05) is 6.61 Å². The number of carbonyl (C=O) groups excluding carboxylic acids is 1. The van der Waals surface area contributed by atoms with E-state index in [1.54, 1.807) is 0 Å². The predicted molar refractivity (Wildman–Crippen MR) is 67.6 cm³/mol. The molecular formula is C13H18N2O2. The average molecular weight is 234 g/mol.